The number of aliphatic carboxylic acids is 1. The van der Waals surface area contributed by atoms with Crippen LogP contribution in [0.2, 0.25) is 0 Å². The maximum atomic E-state index is 11.7. The fourth-order valence-corrected chi connectivity index (χ4v) is 1.53. The Labute approximate surface area is 101 Å². The Morgan fingerprint density at radius 3 is 2.59 bits per heavy atom. The van der Waals surface area contributed by atoms with E-state index in [1.54, 1.807) is 6.07 Å². The van der Waals surface area contributed by atoms with Gasteiger partial charge in [-0.1, -0.05) is 18.2 Å². The Kier molecular flexibility index (Phi) is 5.20. The zero-order valence-electron chi connectivity index (χ0n) is 9.90. The van der Waals surface area contributed by atoms with E-state index >= 15 is 0 Å². The predicted molar refractivity (Wildman–Crippen MR) is 65.0 cm³/mol. The number of unbranched alkanes of at least 4 members (excludes halogenated alkanes) is 1. The van der Waals surface area contributed by atoms with Crippen LogP contribution in [0.5, 0.6) is 0 Å². The predicted octanol–water partition coefficient (Wildman–Crippen LogP) is 1.98. The number of carbonyl (C=O) groups is 2. The first-order chi connectivity index (χ1) is 8.11. The largest absolute Gasteiger partial charge is 0.481 e. The number of hydrogen-bond acceptors (Lipinski definition) is 2. The molecule has 1 aromatic carbocycles. The van der Waals surface area contributed by atoms with Crippen LogP contribution in [0.4, 0.5) is 0 Å². The summed E-state index contributed by atoms with van der Waals surface area (Å²) in [5, 5.41) is 11.2. The van der Waals surface area contributed by atoms with Gasteiger partial charge >= 0.3 is 5.97 Å². The lowest BCUT2D eigenvalue weighted by molar-refractivity contribution is -0.137. The van der Waals surface area contributed by atoms with Gasteiger partial charge < -0.3 is 10.4 Å². The first-order valence-electron chi connectivity index (χ1n) is 5.67. The molecule has 0 radical (unpaired) electrons. The molecule has 17 heavy (non-hydrogen) atoms. The molecule has 0 heterocycles. The molecule has 0 bridgehead atoms. The molecule has 0 unspecified atom stereocenters. The Balaban J connectivity index is 2.31. The minimum Gasteiger partial charge on any atom is -0.481 e. The van der Waals surface area contributed by atoms with Crippen molar-refractivity contribution in [3.05, 3.63) is 35.4 Å². The molecule has 0 aromatic heterocycles. The molecule has 0 atom stereocenters. The monoisotopic (exact) mass is 235 g/mol. The zero-order valence-corrected chi connectivity index (χ0v) is 9.90. The van der Waals surface area contributed by atoms with Gasteiger partial charge in [0.25, 0.3) is 5.91 Å². The molecule has 0 saturated heterocycles. The van der Waals surface area contributed by atoms with E-state index in [1.807, 2.05) is 25.1 Å². The second-order valence-corrected chi connectivity index (χ2v) is 3.92. The summed E-state index contributed by atoms with van der Waals surface area (Å²) in [4.78, 5) is 22.0. The minimum absolute atomic E-state index is 0.0987. The van der Waals surface area contributed by atoms with Crippen molar-refractivity contribution in [3.8, 4) is 0 Å². The minimum atomic E-state index is -0.796. The Morgan fingerprint density at radius 2 is 1.94 bits per heavy atom. The van der Waals surface area contributed by atoms with Crippen LogP contribution in [0, 0.1) is 6.92 Å². The molecule has 1 aromatic rings. The molecule has 0 aliphatic heterocycles. The number of carboxylic acids is 1. The van der Waals surface area contributed by atoms with Gasteiger partial charge in [0.05, 0.1) is 0 Å². The molecular weight excluding hydrogens is 218 g/mol. The number of carboxylic acid groups (broad SMARTS) is 1. The van der Waals surface area contributed by atoms with Crippen LogP contribution in [0.15, 0.2) is 24.3 Å². The molecule has 0 spiro atoms. The molecule has 4 nitrogen and oxygen atoms in total. The van der Waals surface area contributed by atoms with Gasteiger partial charge in [-0.2, -0.15) is 0 Å². The smallest absolute Gasteiger partial charge is 0.303 e. The van der Waals surface area contributed by atoms with E-state index in [1.165, 1.54) is 0 Å². The van der Waals surface area contributed by atoms with E-state index in [0.717, 1.165) is 5.56 Å². The van der Waals surface area contributed by atoms with E-state index in [9.17, 15) is 9.59 Å². The molecule has 4 heteroatoms. The van der Waals surface area contributed by atoms with Gasteiger partial charge in [-0.05, 0) is 31.4 Å². The summed E-state index contributed by atoms with van der Waals surface area (Å²) in [5.41, 5.74) is 1.61. The molecule has 92 valence electrons. The number of rotatable bonds is 6. The van der Waals surface area contributed by atoms with Crippen molar-refractivity contribution < 1.29 is 14.7 Å². The van der Waals surface area contributed by atoms with E-state index in [2.05, 4.69) is 5.32 Å². The summed E-state index contributed by atoms with van der Waals surface area (Å²) < 4.78 is 0. The number of benzene rings is 1. The third-order valence-corrected chi connectivity index (χ3v) is 2.49. The van der Waals surface area contributed by atoms with E-state index < -0.39 is 5.97 Å². The summed E-state index contributed by atoms with van der Waals surface area (Å²) in [6.45, 7) is 2.40. The van der Waals surface area contributed by atoms with Crippen LogP contribution in [0.1, 0.15) is 35.2 Å². The summed E-state index contributed by atoms with van der Waals surface area (Å²) in [7, 11) is 0. The van der Waals surface area contributed by atoms with Crippen molar-refractivity contribution in [2.45, 2.75) is 26.2 Å². The SMILES string of the molecule is Cc1ccccc1C(=O)NCCCCC(=O)O. The molecule has 2 N–H and O–H groups in total. The molecule has 1 rings (SSSR count). The molecular formula is C13H17NO3. The normalized spacial score (nSPS) is 9.94. The molecule has 0 aliphatic rings. The number of amides is 1. The fraction of sp³-hybridized carbons (Fsp3) is 0.385. The van der Waals surface area contributed by atoms with E-state index in [4.69, 9.17) is 5.11 Å². The lowest BCUT2D eigenvalue weighted by atomic mass is 10.1. The van der Waals surface area contributed by atoms with Crippen LogP contribution >= 0.6 is 0 Å². The van der Waals surface area contributed by atoms with Crippen LogP contribution in [0.25, 0.3) is 0 Å². The zero-order chi connectivity index (χ0) is 12.7. The average molecular weight is 235 g/mol. The standard InChI is InChI=1S/C13H17NO3/c1-10-6-2-3-7-11(10)13(17)14-9-5-4-8-12(15)16/h2-3,6-7H,4-5,8-9H2,1H3,(H,14,17)(H,15,16). The lowest BCUT2D eigenvalue weighted by Crippen LogP contribution is -2.25. The molecule has 0 saturated carbocycles. The quantitative estimate of drug-likeness (QED) is 0.741. The maximum absolute atomic E-state index is 11.7. The Bertz CT molecular complexity index is 401. The van der Waals surface area contributed by atoms with Crippen molar-refractivity contribution in [2.24, 2.45) is 0 Å². The molecule has 1 amide bonds. The van der Waals surface area contributed by atoms with Crippen molar-refractivity contribution >= 4 is 11.9 Å². The maximum Gasteiger partial charge on any atom is 0.303 e. The van der Waals surface area contributed by atoms with Gasteiger partial charge in [0.15, 0.2) is 0 Å². The van der Waals surface area contributed by atoms with Gasteiger partial charge in [0, 0.05) is 18.5 Å². The Hall–Kier alpha value is -1.84. The van der Waals surface area contributed by atoms with Crippen molar-refractivity contribution in [1.29, 1.82) is 0 Å². The average Bonchev–Trinajstić information content (AvgIpc) is 2.28. The van der Waals surface area contributed by atoms with Crippen molar-refractivity contribution in [3.63, 3.8) is 0 Å². The van der Waals surface area contributed by atoms with Crippen molar-refractivity contribution in [1.82, 2.24) is 5.32 Å². The van der Waals surface area contributed by atoms with Gasteiger partial charge in [-0.15, -0.1) is 0 Å². The third kappa shape index (κ3) is 4.68. The van der Waals surface area contributed by atoms with Crippen LogP contribution in [0.3, 0.4) is 0 Å². The highest BCUT2D eigenvalue weighted by molar-refractivity contribution is 5.95. The van der Waals surface area contributed by atoms with Gasteiger partial charge in [-0.25, -0.2) is 0 Å². The first-order valence-corrected chi connectivity index (χ1v) is 5.67. The molecule has 0 fully saturated rings. The van der Waals surface area contributed by atoms with Crippen LogP contribution in [-0.4, -0.2) is 23.5 Å². The highest BCUT2D eigenvalue weighted by atomic mass is 16.4. The van der Waals surface area contributed by atoms with Gasteiger partial charge in [0.1, 0.15) is 0 Å². The third-order valence-electron chi connectivity index (χ3n) is 2.49. The number of aryl methyl sites for hydroxylation is 1. The van der Waals surface area contributed by atoms with E-state index in [-0.39, 0.29) is 12.3 Å². The summed E-state index contributed by atoms with van der Waals surface area (Å²) in [6.07, 6.45) is 1.42. The molecule has 0 aliphatic carbocycles. The summed E-state index contributed by atoms with van der Waals surface area (Å²) in [6, 6.07) is 7.38. The second-order valence-electron chi connectivity index (χ2n) is 3.92. The highest BCUT2D eigenvalue weighted by Gasteiger charge is 2.06. The fourth-order valence-electron chi connectivity index (χ4n) is 1.53. The number of carbonyl (C=O) groups excluding carboxylic acids is 1. The first kappa shape index (κ1) is 13.2. The Morgan fingerprint density at radius 1 is 1.24 bits per heavy atom. The summed E-state index contributed by atoms with van der Waals surface area (Å²) in [5.74, 6) is -0.895. The highest BCUT2D eigenvalue weighted by Crippen LogP contribution is 2.06. The number of nitrogens with one attached hydrogen (secondary N) is 1. The topological polar surface area (TPSA) is 66.4 Å². The van der Waals surface area contributed by atoms with Crippen molar-refractivity contribution in [2.75, 3.05) is 6.54 Å². The second kappa shape index (κ2) is 6.68. The van der Waals surface area contributed by atoms with Gasteiger partial charge in [-0.3, -0.25) is 9.59 Å². The van der Waals surface area contributed by atoms with E-state index in [0.29, 0.717) is 24.9 Å². The number of hydrogen-bond donors (Lipinski definition) is 2. The van der Waals surface area contributed by atoms with Crippen LogP contribution in [-0.2, 0) is 4.79 Å². The van der Waals surface area contributed by atoms with Crippen LogP contribution < -0.4 is 5.32 Å². The summed E-state index contributed by atoms with van der Waals surface area (Å²) >= 11 is 0. The lowest BCUT2D eigenvalue weighted by Gasteiger charge is -2.06. The van der Waals surface area contributed by atoms with Gasteiger partial charge in [0.2, 0.25) is 0 Å².